The molecule has 0 aliphatic heterocycles. The number of aliphatic hydroxyl groups is 3. The monoisotopic (exact) mass is 606 g/mol. The first-order valence-electron chi connectivity index (χ1n) is 16.8. The van der Waals surface area contributed by atoms with E-state index in [1.54, 1.807) is 36.5 Å². The smallest absolute Gasteiger partial charge is 0.305 e. The number of rotatable bonds is 28. The summed E-state index contributed by atoms with van der Waals surface area (Å²) in [5.74, 6) is 0.00138. The normalized spacial score (nSPS) is 15.0. The van der Waals surface area contributed by atoms with Crippen molar-refractivity contribution in [3.05, 3.63) is 48.6 Å². The first kappa shape index (κ1) is 40.8. The first-order chi connectivity index (χ1) is 20.8. The molecule has 0 saturated heterocycles. The van der Waals surface area contributed by atoms with Crippen molar-refractivity contribution in [2.24, 2.45) is 5.92 Å². The van der Waals surface area contributed by atoms with Gasteiger partial charge in [0.15, 0.2) is 0 Å². The standard InChI is InChI=1S/C36H62O7/c1-4-6-7-8-12-17-23-32(37)24-18-14-15-19-25-33(38)26-21-28-36(41)43-30-34(39)29-42-35(40)27-20-13-10-9-11-16-22-31(3)5-2/h12,14-15,17-19,24-25,31-34,37-39H,4-11,13,16,20-23,26-30H2,1-3H3/b15-14+,17-12-,24-18+,25-19-/t31?,32-,33-,34+/m1/s1. The van der Waals surface area contributed by atoms with E-state index in [0.29, 0.717) is 25.7 Å². The molecule has 0 amide bonds. The Balaban J connectivity index is 3.81. The average Bonchev–Trinajstić information content (AvgIpc) is 2.99. The van der Waals surface area contributed by atoms with Crippen LogP contribution in [0.5, 0.6) is 0 Å². The lowest BCUT2D eigenvalue weighted by molar-refractivity contribution is -0.152. The predicted molar refractivity (Wildman–Crippen MR) is 175 cm³/mol. The number of unbranched alkanes of at least 4 members (excludes halogenated alkanes) is 8. The third kappa shape index (κ3) is 29.6. The highest BCUT2D eigenvalue weighted by molar-refractivity contribution is 5.69. The molecule has 0 heterocycles. The molecule has 0 aliphatic rings. The second-order valence-corrected chi connectivity index (χ2v) is 11.6. The van der Waals surface area contributed by atoms with Crippen LogP contribution in [0, 0.1) is 5.92 Å². The number of carbonyl (C=O) groups is 2. The summed E-state index contributed by atoms with van der Waals surface area (Å²) in [7, 11) is 0. The molecule has 7 nitrogen and oxygen atoms in total. The van der Waals surface area contributed by atoms with E-state index in [1.165, 1.54) is 51.4 Å². The van der Waals surface area contributed by atoms with Crippen molar-refractivity contribution in [2.45, 2.75) is 148 Å². The molecule has 43 heavy (non-hydrogen) atoms. The molecule has 0 rings (SSSR count). The molecule has 0 aromatic carbocycles. The summed E-state index contributed by atoms with van der Waals surface area (Å²) in [6.45, 7) is 6.29. The number of allylic oxidation sites excluding steroid dienone is 5. The van der Waals surface area contributed by atoms with Crippen molar-refractivity contribution in [1.82, 2.24) is 0 Å². The van der Waals surface area contributed by atoms with Gasteiger partial charge in [0.2, 0.25) is 0 Å². The molecule has 1 unspecified atom stereocenters. The quantitative estimate of drug-likeness (QED) is 0.0362. The van der Waals surface area contributed by atoms with Crippen molar-refractivity contribution in [3.63, 3.8) is 0 Å². The van der Waals surface area contributed by atoms with E-state index < -0.39 is 24.3 Å². The van der Waals surface area contributed by atoms with Crippen LogP contribution in [-0.4, -0.2) is 58.8 Å². The minimum absolute atomic E-state index is 0.124. The summed E-state index contributed by atoms with van der Waals surface area (Å²) in [6.07, 6.45) is 28.0. The molecule has 0 aromatic heterocycles. The van der Waals surface area contributed by atoms with Crippen LogP contribution in [0.15, 0.2) is 48.6 Å². The first-order valence-corrected chi connectivity index (χ1v) is 16.8. The van der Waals surface area contributed by atoms with Gasteiger partial charge in [-0.05, 0) is 44.4 Å². The number of aliphatic hydroxyl groups excluding tert-OH is 3. The van der Waals surface area contributed by atoms with Gasteiger partial charge >= 0.3 is 11.9 Å². The van der Waals surface area contributed by atoms with E-state index in [-0.39, 0.29) is 25.6 Å². The van der Waals surface area contributed by atoms with Crippen molar-refractivity contribution in [1.29, 1.82) is 0 Å². The molecule has 248 valence electrons. The number of hydrogen-bond acceptors (Lipinski definition) is 7. The lowest BCUT2D eigenvalue weighted by Gasteiger charge is -2.12. The molecule has 0 fully saturated rings. The fraction of sp³-hybridized carbons (Fsp3) is 0.722. The highest BCUT2D eigenvalue weighted by Gasteiger charge is 2.12. The summed E-state index contributed by atoms with van der Waals surface area (Å²) < 4.78 is 10.1. The van der Waals surface area contributed by atoms with E-state index in [0.717, 1.165) is 31.6 Å². The van der Waals surface area contributed by atoms with Crippen molar-refractivity contribution < 1.29 is 34.4 Å². The number of hydrogen-bond donors (Lipinski definition) is 3. The molecule has 0 aliphatic carbocycles. The topological polar surface area (TPSA) is 113 Å². The van der Waals surface area contributed by atoms with E-state index in [9.17, 15) is 24.9 Å². The van der Waals surface area contributed by atoms with Crippen LogP contribution in [0.25, 0.3) is 0 Å². The Kier molecular flexibility index (Phi) is 28.3. The number of esters is 2. The molecule has 7 heteroatoms. The molecule has 0 radical (unpaired) electrons. The van der Waals surface area contributed by atoms with Crippen molar-refractivity contribution in [3.8, 4) is 0 Å². The summed E-state index contributed by atoms with van der Waals surface area (Å²) in [5.41, 5.74) is 0. The van der Waals surface area contributed by atoms with Gasteiger partial charge in [-0.3, -0.25) is 9.59 Å². The van der Waals surface area contributed by atoms with Gasteiger partial charge in [0, 0.05) is 12.8 Å². The second-order valence-electron chi connectivity index (χ2n) is 11.6. The molecular formula is C36H62O7. The zero-order valence-electron chi connectivity index (χ0n) is 27.3. The summed E-state index contributed by atoms with van der Waals surface area (Å²) >= 11 is 0. The third-order valence-corrected chi connectivity index (χ3v) is 7.30. The summed E-state index contributed by atoms with van der Waals surface area (Å²) in [5, 5.41) is 29.9. The van der Waals surface area contributed by atoms with Crippen molar-refractivity contribution in [2.75, 3.05) is 13.2 Å². The molecule has 3 N–H and O–H groups in total. The minimum Gasteiger partial charge on any atom is -0.463 e. The lowest BCUT2D eigenvalue weighted by Crippen LogP contribution is -2.25. The zero-order valence-corrected chi connectivity index (χ0v) is 27.3. The lowest BCUT2D eigenvalue weighted by atomic mass is 10.00. The Bertz CT molecular complexity index is 786. The van der Waals surface area contributed by atoms with Crippen LogP contribution < -0.4 is 0 Å². The van der Waals surface area contributed by atoms with Crippen LogP contribution in [0.1, 0.15) is 130 Å². The van der Waals surface area contributed by atoms with E-state index in [4.69, 9.17) is 9.47 Å². The Morgan fingerprint density at radius 2 is 1.23 bits per heavy atom. The van der Waals surface area contributed by atoms with Crippen LogP contribution in [0.3, 0.4) is 0 Å². The van der Waals surface area contributed by atoms with Gasteiger partial charge in [-0.25, -0.2) is 0 Å². The second kappa shape index (κ2) is 29.8. The predicted octanol–water partition coefficient (Wildman–Crippen LogP) is 7.69. The molecule has 0 bridgehead atoms. The Morgan fingerprint density at radius 1 is 0.651 bits per heavy atom. The van der Waals surface area contributed by atoms with Gasteiger partial charge in [-0.15, -0.1) is 0 Å². The van der Waals surface area contributed by atoms with E-state index >= 15 is 0 Å². The fourth-order valence-electron chi connectivity index (χ4n) is 4.25. The summed E-state index contributed by atoms with van der Waals surface area (Å²) in [6, 6.07) is 0. The number of carbonyl (C=O) groups excluding carboxylic acids is 2. The molecular weight excluding hydrogens is 544 g/mol. The molecule has 0 aromatic rings. The zero-order chi connectivity index (χ0) is 32.0. The van der Waals surface area contributed by atoms with Gasteiger partial charge in [-0.2, -0.15) is 0 Å². The maximum absolute atomic E-state index is 11.9. The SMILES string of the molecule is CCCCC/C=C\C[C@@H](O)/C=C/C=C/C=C\[C@@H](O)CCCC(=O)OC[C@@H](O)COC(=O)CCCCCCCCC(C)CC. The van der Waals surface area contributed by atoms with Gasteiger partial charge in [0.25, 0.3) is 0 Å². The Labute approximate surface area is 262 Å². The molecule has 0 saturated carbocycles. The van der Waals surface area contributed by atoms with Crippen LogP contribution in [0.2, 0.25) is 0 Å². The van der Waals surface area contributed by atoms with Gasteiger partial charge in [0.1, 0.15) is 19.3 Å². The van der Waals surface area contributed by atoms with E-state index in [1.807, 2.05) is 6.08 Å². The van der Waals surface area contributed by atoms with Crippen LogP contribution >= 0.6 is 0 Å². The Hall–Kier alpha value is -2.22. The maximum Gasteiger partial charge on any atom is 0.305 e. The maximum atomic E-state index is 11.9. The highest BCUT2D eigenvalue weighted by Crippen LogP contribution is 2.14. The van der Waals surface area contributed by atoms with Gasteiger partial charge in [-0.1, -0.05) is 127 Å². The largest absolute Gasteiger partial charge is 0.463 e. The van der Waals surface area contributed by atoms with Gasteiger partial charge in [0.05, 0.1) is 12.2 Å². The summed E-state index contributed by atoms with van der Waals surface area (Å²) in [4.78, 5) is 23.8. The van der Waals surface area contributed by atoms with Crippen molar-refractivity contribution >= 4 is 11.9 Å². The van der Waals surface area contributed by atoms with Crippen LogP contribution in [-0.2, 0) is 19.1 Å². The molecule has 0 spiro atoms. The highest BCUT2D eigenvalue weighted by atomic mass is 16.6. The third-order valence-electron chi connectivity index (χ3n) is 7.30. The van der Waals surface area contributed by atoms with E-state index in [2.05, 4.69) is 26.8 Å². The fourth-order valence-corrected chi connectivity index (χ4v) is 4.25. The van der Waals surface area contributed by atoms with Gasteiger partial charge < -0.3 is 24.8 Å². The number of ether oxygens (including phenoxy) is 2. The average molecular weight is 607 g/mol. The molecule has 4 atom stereocenters. The Morgan fingerprint density at radius 3 is 1.86 bits per heavy atom. The van der Waals surface area contributed by atoms with Crippen LogP contribution in [0.4, 0.5) is 0 Å². The minimum atomic E-state index is -1.05.